The summed E-state index contributed by atoms with van der Waals surface area (Å²) in [6, 6.07) is 2.46. The third-order valence-electron chi connectivity index (χ3n) is 3.57. The molecule has 1 amide bonds. The molecular formula is C14H24N4O. The molecule has 106 valence electrons. The molecule has 5 nitrogen and oxygen atoms in total. The summed E-state index contributed by atoms with van der Waals surface area (Å²) in [7, 11) is 0. The maximum atomic E-state index is 11.7. The van der Waals surface area contributed by atoms with Gasteiger partial charge in [0.25, 0.3) is 0 Å². The summed E-state index contributed by atoms with van der Waals surface area (Å²) in [5.74, 6) is 0.160. The Labute approximate surface area is 114 Å². The SMILES string of the molecule is Cc1cc(C)n(CCCNC(=O)CC2CCCN2)n1. The molecule has 1 aliphatic rings. The van der Waals surface area contributed by atoms with Crippen molar-refractivity contribution in [2.45, 2.75) is 52.1 Å². The van der Waals surface area contributed by atoms with Crippen LogP contribution in [0.1, 0.15) is 37.1 Å². The number of amides is 1. The number of hydrogen-bond acceptors (Lipinski definition) is 3. The quantitative estimate of drug-likeness (QED) is 0.758. The fourth-order valence-corrected chi connectivity index (χ4v) is 2.58. The van der Waals surface area contributed by atoms with E-state index in [9.17, 15) is 4.79 Å². The minimum absolute atomic E-state index is 0.160. The molecule has 5 heteroatoms. The van der Waals surface area contributed by atoms with Crippen molar-refractivity contribution in [1.82, 2.24) is 20.4 Å². The van der Waals surface area contributed by atoms with Gasteiger partial charge in [-0.05, 0) is 45.7 Å². The number of hydrogen-bond donors (Lipinski definition) is 2. The van der Waals surface area contributed by atoms with Crippen LogP contribution in [-0.2, 0) is 11.3 Å². The highest BCUT2D eigenvalue weighted by Gasteiger charge is 2.17. The molecule has 1 aromatic heterocycles. The van der Waals surface area contributed by atoms with E-state index in [0.29, 0.717) is 12.5 Å². The Morgan fingerprint density at radius 3 is 3.05 bits per heavy atom. The predicted octanol–water partition coefficient (Wildman–Crippen LogP) is 1.15. The van der Waals surface area contributed by atoms with Crippen LogP contribution in [0.3, 0.4) is 0 Å². The van der Waals surface area contributed by atoms with Crippen LogP contribution >= 0.6 is 0 Å². The van der Waals surface area contributed by atoms with Gasteiger partial charge >= 0.3 is 0 Å². The maximum Gasteiger partial charge on any atom is 0.221 e. The van der Waals surface area contributed by atoms with Gasteiger partial charge in [-0.2, -0.15) is 5.10 Å². The van der Waals surface area contributed by atoms with Gasteiger partial charge in [0.1, 0.15) is 0 Å². The Bertz CT molecular complexity index is 421. The first-order valence-corrected chi connectivity index (χ1v) is 7.16. The minimum Gasteiger partial charge on any atom is -0.356 e. The fourth-order valence-electron chi connectivity index (χ4n) is 2.58. The highest BCUT2D eigenvalue weighted by atomic mass is 16.1. The molecule has 1 aromatic rings. The van der Waals surface area contributed by atoms with Gasteiger partial charge in [-0.1, -0.05) is 0 Å². The molecule has 1 fully saturated rings. The summed E-state index contributed by atoms with van der Waals surface area (Å²) >= 11 is 0. The second-order valence-electron chi connectivity index (χ2n) is 5.35. The van der Waals surface area contributed by atoms with Crippen LogP contribution in [-0.4, -0.2) is 34.8 Å². The lowest BCUT2D eigenvalue weighted by Gasteiger charge is -2.10. The number of carbonyl (C=O) groups excluding carboxylic acids is 1. The zero-order valence-corrected chi connectivity index (χ0v) is 11.9. The number of aryl methyl sites for hydroxylation is 3. The van der Waals surface area contributed by atoms with Gasteiger partial charge in [0, 0.05) is 31.2 Å². The number of aromatic nitrogens is 2. The van der Waals surface area contributed by atoms with Crippen molar-refractivity contribution in [3.05, 3.63) is 17.5 Å². The average Bonchev–Trinajstić information content (AvgIpc) is 2.95. The Kier molecular flexibility index (Phi) is 4.96. The van der Waals surface area contributed by atoms with Crippen LogP contribution < -0.4 is 10.6 Å². The van der Waals surface area contributed by atoms with Crippen molar-refractivity contribution in [3.8, 4) is 0 Å². The van der Waals surface area contributed by atoms with E-state index in [4.69, 9.17) is 0 Å². The molecule has 0 bridgehead atoms. The van der Waals surface area contributed by atoms with E-state index in [1.807, 2.05) is 11.6 Å². The molecule has 0 aromatic carbocycles. The molecule has 2 rings (SSSR count). The van der Waals surface area contributed by atoms with Crippen LogP contribution in [0.2, 0.25) is 0 Å². The Morgan fingerprint density at radius 1 is 1.58 bits per heavy atom. The average molecular weight is 264 g/mol. The lowest BCUT2D eigenvalue weighted by atomic mass is 10.1. The van der Waals surface area contributed by atoms with Gasteiger partial charge < -0.3 is 10.6 Å². The first-order valence-electron chi connectivity index (χ1n) is 7.16. The Balaban J connectivity index is 1.61. The molecule has 0 spiro atoms. The second kappa shape index (κ2) is 6.70. The molecule has 1 atom stereocenters. The van der Waals surface area contributed by atoms with Crippen LogP contribution in [0.5, 0.6) is 0 Å². The fraction of sp³-hybridized carbons (Fsp3) is 0.714. The monoisotopic (exact) mass is 264 g/mol. The van der Waals surface area contributed by atoms with Crippen LogP contribution in [0.15, 0.2) is 6.07 Å². The first kappa shape index (κ1) is 14.1. The zero-order chi connectivity index (χ0) is 13.7. The summed E-state index contributed by atoms with van der Waals surface area (Å²) in [5.41, 5.74) is 2.23. The van der Waals surface area contributed by atoms with Crippen molar-refractivity contribution in [2.75, 3.05) is 13.1 Å². The van der Waals surface area contributed by atoms with E-state index in [0.717, 1.165) is 38.2 Å². The van der Waals surface area contributed by atoms with E-state index in [2.05, 4.69) is 28.7 Å². The highest BCUT2D eigenvalue weighted by molar-refractivity contribution is 5.76. The number of carbonyl (C=O) groups is 1. The van der Waals surface area contributed by atoms with Gasteiger partial charge in [0.05, 0.1) is 5.69 Å². The molecule has 19 heavy (non-hydrogen) atoms. The van der Waals surface area contributed by atoms with Gasteiger partial charge in [-0.25, -0.2) is 0 Å². The van der Waals surface area contributed by atoms with Crippen molar-refractivity contribution in [2.24, 2.45) is 0 Å². The highest BCUT2D eigenvalue weighted by Crippen LogP contribution is 2.08. The molecule has 2 heterocycles. The molecule has 1 aliphatic heterocycles. The van der Waals surface area contributed by atoms with Gasteiger partial charge in [-0.3, -0.25) is 9.48 Å². The lowest BCUT2D eigenvalue weighted by molar-refractivity contribution is -0.121. The largest absolute Gasteiger partial charge is 0.356 e. The normalized spacial score (nSPS) is 18.7. The van der Waals surface area contributed by atoms with Crippen LogP contribution in [0, 0.1) is 13.8 Å². The molecule has 0 saturated carbocycles. The molecule has 1 unspecified atom stereocenters. The van der Waals surface area contributed by atoms with Gasteiger partial charge in [0.15, 0.2) is 0 Å². The Morgan fingerprint density at radius 2 is 2.42 bits per heavy atom. The zero-order valence-electron chi connectivity index (χ0n) is 11.9. The standard InChI is InChI=1S/C14H24N4O/c1-11-9-12(2)18(17-11)8-4-7-16-14(19)10-13-5-3-6-15-13/h9,13,15H,3-8,10H2,1-2H3,(H,16,19). The predicted molar refractivity (Wildman–Crippen MR) is 75.0 cm³/mol. The summed E-state index contributed by atoms with van der Waals surface area (Å²) in [4.78, 5) is 11.7. The van der Waals surface area contributed by atoms with Crippen molar-refractivity contribution in [3.63, 3.8) is 0 Å². The van der Waals surface area contributed by atoms with E-state index in [1.165, 1.54) is 12.1 Å². The number of nitrogens with one attached hydrogen (secondary N) is 2. The summed E-state index contributed by atoms with van der Waals surface area (Å²) in [5, 5.41) is 10.7. The van der Waals surface area contributed by atoms with Crippen LogP contribution in [0.4, 0.5) is 0 Å². The maximum absolute atomic E-state index is 11.7. The first-order chi connectivity index (χ1) is 9.15. The van der Waals surface area contributed by atoms with E-state index in [-0.39, 0.29) is 5.91 Å². The van der Waals surface area contributed by atoms with Gasteiger partial charge in [0.2, 0.25) is 5.91 Å². The number of nitrogens with zero attached hydrogens (tertiary/aromatic N) is 2. The van der Waals surface area contributed by atoms with Gasteiger partial charge in [-0.15, -0.1) is 0 Å². The molecular weight excluding hydrogens is 240 g/mol. The molecule has 1 saturated heterocycles. The third-order valence-corrected chi connectivity index (χ3v) is 3.57. The molecule has 0 aliphatic carbocycles. The topological polar surface area (TPSA) is 59.0 Å². The van der Waals surface area contributed by atoms with E-state index < -0.39 is 0 Å². The minimum atomic E-state index is 0.160. The summed E-state index contributed by atoms with van der Waals surface area (Å²) in [6.07, 6.45) is 3.85. The van der Waals surface area contributed by atoms with Crippen molar-refractivity contribution in [1.29, 1.82) is 0 Å². The second-order valence-corrected chi connectivity index (χ2v) is 5.35. The molecule has 0 radical (unpaired) electrons. The smallest absolute Gasteiger partial charge is 0.221 e. The van der Waals surface area contributed by atoms with E-state index >= 15 is 0 Å². The van der Waals surface area contributed by atoms with Crippen molar-refractivity contribution >= 4 is 5.91 Å². The van der Waals surface area contributed by atoms with E-state index in [1.54, 1.807) is 0 Å². The summed E-state index contributed by atoms with van der Waals surface area (Å²) in [6.45, 7) is 6.70. The third kappa shape index (κ3) is 4.35. The lowest BCUT2D eigenvalue weighted by Crippen LogP contribution is -2.32. The van der Waals surface area contributed by atoms with Crippen LogP contribution in [0.25, 0.3) is 0 Å². The summed E-state index contributed by atoms with van der Waals surface area (Å²) < 4.78 is 2.00. The Hall–Kier alpha value is -1.36. The van der Waals surface area contributed by atoms with Crippen molar-refractivity contribution < 1.29 is 4.79 Å². The molecule has 2 N–H and O–H groups in total. The number of rotatable bonds is 6.